The van der Waals surface area contributed by atoms with Crippen LogP contribution in [0.3, 0.4) is 0 Å². The van der Waals surface area contributed by atoms with Gasteiger partial charge in [-0.3, -0.25) is 9.69 Å². The molecule has 1 aliphatic heterocycles. The van der Waals surface area contributed by atoms with E-state index >= 15 is 0 Å². The van der Waals surface area contributed by atoms with Crippen molar-refractivity contribution >= 4 is 5.97 Å². The zero-order valence-corrected chi connectivity index (χ0v) is 13.7. The highest BCUT2D eigenvalue weighted by molar-refractivity contribution is 5.70. The van der Waals surface area contributed by atoms with Crippen molar-refractivity contribution in [1.29, 1.82) is 0 Å². The van der Waals surface area contributed by atoms with Crippen LogP contribution in [0.5, 0.6) is 0 Å². The van der Waals surface area contributed by atoms with E-state index in [4.69, 9.17) is 9.63 Å². The van der Waals surface area contributed by atoms with Crippen LogP contribution < -0.4 is 0 Å². The molecular weight excluding hydrogens is 308 g/mol. The van der Waals surface area contributed by atoms with Gasteiger partial charge in [-0.15, -0.1) is 0 Å². The van der Waals surface area contributed by atoms with Crippen LogP contribution in [0, 0.1) is 12.8 Å². The number of hydrogen-bond acceptors (Lipinski definition) is 5. The van der Waals surface area contributed by atoms with E-state index in [9.17, 15) is 9.90 Å². The van der Waals surface area contributed by atoms with Crippen LogP contribution in [0.25, 0.3) is 0 Å². The molecule has 3 rings (SSSR count). The first-order valence-corrected chi connectivity index (χ1v) is 8.12. The summed E-state index contributed by atoms with van der Waals surface area (Å²) in [5.41, 5.74) is 2.77. The molecule has 0 saturated carbocycles. The van der Waals surface area contributed by atoms with E-state index in [-0.39, 0.29) is 18.4 Å². The third-order valence-corrected chi connectivity index (χ3v) is 4.41. The second kappa shape index (κ2) is 7.15. The summed E-state index contributed by atoms with van der Waals surface area (Å²) in [6, 6.07) is 9.53. The number of aliphatic hydroxyl groups excluding tert-OH is 1. The first-order chi connectivity index (χ1) is 11.5. The number of aryl methyl sites for hydroxylation is 1. The smallest absolute Gasteiger partial charge is 0.307 e. The zero-order valence-electron chi connectivity index (χ0n) is 13.7. The maximum absolute atomic E-state index is 10.7. The molecule has 2 heterocycles. The Balaban J connectivity index is 1.55. The standard InChI is InChI=1S/C18H22N2O4/c1-12-6-16(24-19-12)8-15-10-20(11-17(15)21)9-14-4-2-13(3-5-14)7-18(22)23/h2-6,15,17,21H,7-11H2,1H3,(H,22,23)/t15-,17-/m1/s1. The van der Waals surface area contributed by atoms with Crippen molar-refractivity contribution in [3.63, 3.8) is 0 Å². The first kappa shape index (κ1) is 16.7. The van der Waals surface area contributed by atoms with Crippen molar-refractivity contribution in [1.82, 2.24) is 10.1 Å². The minimum atomic E-state index is -0.823. The number of carbonyl (C=O) groups is 1. The molecule has 6 nitrogen and oxygen atoms in total. The summed E-state index contributed by atoms with van der Waals surface area (Å²) in [4.78, 5) is 12.9. The summed E-state index contributed by atoms with van der Waals surface area (Å²) >= 11 is 0. The lowest BCUT2D eigenvalue weighted by molar-refractivity contribution is -0.136. The second-order valence-electron chi connectivity index (χ2n) is 6.55. The molecule has 1 aliphatic rings. The molecule has 2 N–H and O–H groups in total. The van der Waals surface area contributed by atoms with Gasteiger partial charge in [0, 0.05) is 38.0 Å². The number of carboxylic acid groups (broad SMARTS) is 1. The average Bonchev–Trinajstić information content (AvgIpc) is 3.07. The number of hydrogen-bond donors (Lipinski definition) is 2. The number of carboxylic acids is 1. The molecule has 1 aromatic carbocycles. The lowest BCUT2D eigenvalue weighted by Crippen LogP contribution is -2.21. The van der Waals surface area contributed by atoms with Gasteiger partial charge in [0.25, 0.3) is 0 Å². The van der Waals surface area contributed by atoms with Gasteiger partial charge >= 0.3 is 5.97 Å². The summed E-state index contributed by atoms with van der Waals surface area (Å²) < 4.78 is 5.25. The maximum Gasteiger partial charge on any atom is 0.307 e. The number of aromatic nitrogens is 1. The molecule has 24 heavy (non-hydrogen) atoms. The molecule has 1 aromatic heterocycles. The number of nitrogens with zero attached hydrogens (tertiary/aromatic N) is 2. The van der Waals surface area contributed by atoms with Crippen molar-refractivity contribution < 1.29 is 19.5 Å². The van der Waals surface area contributed by atoms with Gasteiger partial charge in [0.15, 0.2) is 0 Å². The predicted molar refractivity (Wildman–Crippen MR) is 87.5 cm³/mol. The van der Waals surface area contributed by atoms with E-state index in [2.05, 4.69) is 10.1 Å². The van der Waals surface area contributed by atoms with Crippen LogP contribution in [-0.4, -0.2) is 45.4 Å². The molecule has 2 aromatic rings. The molecule has 2 atom stereocenters. The number of aliphatic hydroxyl groups is 1. The normalized spacial score (nSPS) is 21.2. The van der Waals surface area contributed by atoms with E-state index in [1.807, 2.05) is 37.3 Å². The topological polar surface area (TPSA) is 86.8 Å². The Hall–Kier alpha value is -2.18. The SMILES string of the molecule is Cc1cc(C[C@@H]2CN(Cc3ccc(CC(=O)O)cc3)C[C@H]2O)on1. The van der Waals surface area contributed by atoms with Gasteiger partial charge in [-0.05, 0) is 18.1 Å². The number of benzene rings is 1. The Morgan fingerprint density at radius 1 is 1.29 bits per heavy atom. The number of aliphatic carboxylic acids is 1. The summed E-state index contributed by atoms with van der Waals surface area (Å²) in [5, 5.41) is 23.0. The second-order valence-corrected chi connectivity index (χ2v) is 6.55. The van der Waals surface area contributed by atoms with Gasteiger partial charge in [0.1, 0.15) is 5.76 Å². The lowest BCUT2D eigenvalue weighted by atomic mass is 10.0. The van der Waals surface area contributed by atoms with Crippen LogP contribution in [0.15, 0.2) is 34.9 Å². The molecule has 0 amide bonds. The van der Waals surface area contributed by atoms with Crippen molar-refractivity contribution in [2.45, 2.75) is 32.4 Å². The van der Waals surface area contributed by atoms with Gasteiger partial charge in [-0.25, -0.2) is 0 Å². The van der Waals surface area contributed by atoms with Crippen LogP contribution in [-0.2, 0) is 24.2 Å². The Labute approximate surface area is 140 Å². The number of likely N-dealkylation sites (tertiary alicyclic amines) is 1. The van der Waals surface area contributed by atoms with Crippen LogP contribution in [0.1, 0.15) is 22.6 Å². The van der Waals surface area contributed by atoms with Gasteiger partial charge in [-0.2, -0.15) is 0 Å². The highest BCUT2D eigenvalue weighted by Gasteiger charge is 2.32. The summed E-state index contributed by atoms with van der Waals surface area (Å²) in [6.07, 6.45) is 0.360. The van der Waals surface area contributed by atoms with Crippen LogP contribution >= 0.6 is 0 Å². The highest BCUT2D eigenvalue weighted by Crippen LogP contribution is 2.23. The molecule has 0 spiro atoms. The van der Waals surface area contributed by atoms with E-state index in [0.29, 0.717) is 13.0 Å². The van der Waals surface area contributed by atoms with E-state index in [1.54, 1.807) is 0 Å². The van der Waals surface area contributed by atoms with Crippen molar-refractivity contribution in [3.05, 3.63) is 52.9 Å². The number of rotatable bonds is 6. The monoisotopic (exact) mass is 330 g/mol. The summed E-state index contributed by atoms with van der Waals surface area (Å²) in [7, 11) is 0. The molecule has 1 saturated heterocycles. The Morgan fingerprint density at radius 2 is 2.00 bits per heavy atom. The minimum absolute atomic E-state index is 0.0430. The molecule has 0 radical (unpaired) electrons. The van der Waals surface area contributed by atoms with Gasteiger partial charge in [0.05, 0.1) is 18.2 Å². The molecule has 128 valence electrons. The first-order valence-electron chi connectivity index (χ1n) is 8.12. The van der Waals surface area contributed by atoms with Crippen molar-refractivity contribution in [2.24, 2.45) is 5.92 Å². The Kier molecular flexibility index (Phi) is 4.97. The maximum atomic E-state index is 10.7. The van der Waals surface area contributed by atoms with E-state index in [1.165, 1.54) is 0 Å². The molecule has 0 unspecified atom stereocenters. The van der Waals surface area contributed by atoms with E-state index in [0.717, 1.165) is 35.7 Å². The Bertz CT molecular complexity index is 695. The predicted octanol–water partition coefficient (Wildman–Crippen LogP) is 1.65. The summed E-state index contributed by atoms with van der Waals surface area (Å²) in [5.74, 6) is 0.135. The highest BCUT2D eigenvalue weighted by atomic mass is 16.5. The Morgan fingerprint density at radius 3 is 2.62 bits per heavy atom. The molecular formula is C18H22N2O4. The van der Waals surface area contributed by atoms with E-state index < -0.39 is 5.97 Å². The third kappa shape index (κ3) is 4.21. The minimum Gasteiger partial charge on any atom is -0.481 e. The van der Waals surface area contributed by atoms with Gasteiger partial charge in [0.2, 0.25) is 0 Å². The fourth-order valence-corrected chi connectivity index (χ4v) is 3.24. The quantitative estimate of drug-likeness (QED) is 0.837. The van der Waals surface area contributed by atoms with Gasteiger partial charge < -0.3 is 14.7 Å². The average molecular weight is 330 g/mol. The largest absolute Gasteiger partial charge is 0.481 e. The molecule has 6 heteroatoms. The summed E-state index contributed by atoms with van der Waals surface area (Å²) in [6.45, 7) is 4.07. The third-order valence-electron chi connectivity index (χ3n) is 4.41. The fraction of sp³-hybridized carbons (Fsp3) is 0.444. The number of β-amino-alcohol motifs (C(OH)–C–C–N with tert-alkyl or cyclic N) is 1. The fourth-order valence-electron chi connectivity index (χ4n) is 3.24. The molecule has 0 aliphatic carbocycles. The zero-order chi connectivity index (χ0) is 17.1. The van der Waals surface area contributed by atoms with Crippen LogP contribution in [0.2, 0.25) is 0 Å². The molecule has 0 bridgehead atoms. The van der Waals surface area contributed by atoms with Crippen molar-refractivity contribution in [2.75, 3.05) is 13.1 Å². The van der Waals surface area contributed by atoms with Gasteiger partial charge in [-0.1, -0.05) is 29.4 Å². The van der Waals surface area contributed by atoms with Crippen molar-refractivity contribution in [3.8, 4) is 0 Å². The molecule has 1 fully saturated rings. The van der Waals surface area contributed by atoms with Crippen LogP contribution in [0.4, 0.5) is 0 Å². The lowest BCUT2D eigenvalue weighted by Gasteiger charge is -2.15.